The van der Waals surface area contributed by atoms with E-state index in [-0.39, 0.29) is 6.79 Å². The van der Waals surface area contributed by atoms with E-state index in [2.05, 4.69) is 16.6 Å². The summed E-state index contributed by atoms with van der Waals surface area (Å²) in [6.07, 6.45) is 0. The summed E-state index contributed by atoms with van der Waals surface area (Å²) in [5, 5.41) is 0. The van der Waals surface area contributed by atoms with Crippen molar-refractivity contribution in [2.24, 2.45) is 0 Å². The second kappa shape index (κ2) is 5.70. The van der Waals surface area contributed by atoms with Crippen molar-refractivity contribution in [2.45, 2.75) is 0 Å². The van der Waals surface area contributed by atoms with E-state index < -0.39 is 5.97 Å². The number of benzene rings is 2. The Morgan fingerprint density at radius 1 is 1.14 bits per heavy atom. The Kier molecular flexibility index (Phi) is 3.58. The zero-order valence-electron chi connectivity index (χ0n) is 11.9. The third-order valence-electron chi connectivity index (χ3n) is 3.19. The monoisotopic (exact) mass is 295 g/mol. The van der Waals surface area contributed by atoms with Crippen molar-refractivity contribution in [1.29, 1.82) is 0 Å². The van der Waals surface area contributed by atoms with Crippen LogP contribution in [-0.4, -0.2) is 19.9 Å². The van der Waals surface area contributed by atoms with Crippen LogP contribution in [0.1, 0.15) is 21.5 Å². The minimum Gasteiger partial charge on any atom is -0.465 e. The van der Waals surface area contributed by atoms with Crippen molar-refractivity contribution >= 4 is 11.7 Å². The predicted octanol–water partition coefficient (Wildman–Crippen LogP) is 2.18. The second-order valence-electron chi connectivity index (χ2n) is 4.61. The van der Waals surface area contributed by atoms with Gasteiger partial charge in [0.05, 0.1) is 12.7 Å². The molecule has 1 aliphatic heterocycles. The lowest BCUT2D eigenvalue weighted by atomic mass is 10.1. The van der Waals surface area contributed by atoms with Gasteiger partial charge in [-0.1, -0.05) is 11.8 Å². The molecule has 5 heteroatoms. The molecule has 0 fully saturated rings. The molecular weight excluding hydrogens is 282 g/mol. The molecule has 2 aromatic carbocycles. The average molecular weight is 295 g/mol. The molecule has 1 aliphatic rings. The molecule has 2 aromatic rings. The number of hydrogen-bond donors (Lipinski definition) is 1. The van der Waals surface area contributed by atoms with E-state index >= 15 is 0 Å². The van der Waals surface area contributed by atoms with Crippen LogP contribution in [0.3, 0.4) is 0 Å². The largest absolute Gasteiger partial charge is 0.465 e. The fourth-order valence-electron chi connectivity index (χ4n) is 2.02. The smallest absolute Gasteiger partial charge is 0.337 e. The number of methoxy groups -OCH3 is 1. The first-order valence-corrected chi connectivity index (χ1v) is 6.57. The van der Waals surface area contributed by atoms with Crippen LogP contribution in [0.5, 0.6) is 11.5 Å². The van der Waals surface area contributed by atoms with Gasteiger partial charge in [-0.15, -0.1) is 0 Å². The van der Waals surface area contributed by atoms with Gasteiger partial charge in [-0.25, -0.2) is 4.79 Å². The number of nitrogens with two attached hydrogens (primary N) is 1. The highest BCUT2D eigenvalue weighted by Crippen LogP contribution is 2.32. The first-order valence-electron chi connectivity index (χ1n) is 6.57. The van der Waals surface area contributed by atoms with Crippen LogP contribution >= 0.6 is 0 Å². The molecule has 1 heterocycles. The molecule has 0 unspecified atom stereocenters. The SMILES string of the molecule is COC(=O)c1ccc(N)c(C#Cc2ccc3c(c2)OCO3)c1. The van der Waals surface area contributed by atoms with E-state index in [1.807, 2.05) is 6.07 Å². The summed E-state index contributed by atoms with van der Waals surface area (Å²) in [7, 11) is 1.33. The molecule has 0 saturated heterocycles. The highest BCUT2D eigenvalue weighted by Gasteiger charge is 2.12. The predicted molar refractivity (Wildman–Crippen MR) is 80.7 cm³/mol. The average Bonchev–Trinajstić information content (AvgIpc) is 3.01. The topological polar surface area (TPSA) is 70.8 Å². The van der Waals surface area contributed by atoms with Gasteiger partial charge in [0, 0.05) is 16.8 Å². The van der Waals surface area contributed by atoms with E-state index in [1.54, 1.807) is 30.3 Å². The lowest BCUT2D eigenvalue weighted by molar-refractivity contribution is 0.0600. The number of esters is 1. The van der Waals surface area contributed by atoms with Crippen LogP contribution in [0.25, 0.3) is 0 Å². The van der Waals surface area contributed by atoms with Crippen molar-refractivity contribution in [3.05, 3.63) is 53.1 Å². The Bertz CT molecular complexity index is 802. The van der Waals surface area contributed by atoms with Crippen LogP contribution in [0.2, 0.25) is 0 Å². The normalized spacial score (nSPS) is 11.5. The zero-order chi connectivity index (χ0) is 15.5. The maximum atomic E-state index is 11.5. The summed E-state index contributed by atoms with van der Waals surface area (Å²) in [6.45, 7) is 0.223. The van der Waals surface area contributed by atoms with Gasteiger partial charge in [0.2, 0.25) is 6.79 Å². The van der Waals surface area contributed by atoms with Crippen LogP contribution < -0.4 is 15.2 Å². The second-order valence-corrected chi connectivity index (χ2v) is 4.61. The molecule has 0 saturated carbocycles. The Labute approximate surface area is 127 Å². The fraction of sp³-hybridized carbons (Fsp3) is 0.118. The van der Waals surface area contributed by atoms with Crippen molar-refractivity contribution in [1.82, 2.24) is 0 Å². The summed E-state index contributed by atoms with van der Waals surface area (Å²) in [5.41, 5.74) is 8.14. The van der Waals surface area contributed by atoms with Gasteiger partial charge in [-0.05, 0) is 36.4 Å². The van der Waals surface area contributed by atoms with Gasteiger partial charge < -0.3 is 19.9 Å². The Balaban J connectivity index is 1.92. The summed E-state index contributed by atoms with van der Waals surface area (Å²) in [6, 6.07) is 10.3. The lowest BCUT2D eigenvalue weighted by Gasteiger charge is -2.02. The lowest BCUT2D eigenvalue weighted by Crippen LogP contribution is -2.02. The number of carbonyl (C=O) groups excluding carboxylic acids is 1. The van der Waals surface area contributed by atoms with Gasteiger partial charge in [0.25, 0.3) is 0 Å². The van der Waals surface area contributed by atoms with Crippen LogP contribution in [0.15, 0.2) is 36.4 Å². The maximum absolute atomic E-state index is 11.5. The van der Waals surface area contributed by atoms with Crippen LogP contribution in [0.4, 0.5) is 5.69 Å². The Morgan fingerprint density at radius 3 is 2.77 bits per heavy atom. The van der Waals surface area contributed by atoms with E-state index in [4.69, 9.17) is 15.2 Å². The number of anilines is 1. The van der Waals surface area contributed by atoms with Gasteiger partial charge >= 0.3 is 5.97 Å². The number of rotatable bonds is 1. The molecule has 110 valence electrons. The summed E-state index contributed by atoms with van der Waals surface area (Å²) in [5.74, 6) is 6.91. The molecule has 0 atom stereocenters. The van der Waals surface area contributed by atoms with E-state index in [9.17, 15) is 4.79 Å². The Hall–Kier alpha value is -3.13. The van der Waals surface area contributed by atoms with Crippen molar-refractivity contribution in [3.8, 4) is 23.3 Å². The van der Waals surface area contributed by atoms with Crippen molar-refractivity contribution in [2.75, 3.05) is 19.6 Å². The molecule has 5 nitrogen and oxygen atoms in total. The zero-order valence-corrected chi connectivity index (χ0v) is 11.9. The van der Waals surface area contributed by atoms with Crippen LogP contribution in [-0.2, 0) is 4.74 Å². The highest BCUT2D eigenvalue weighted by molar-refractivity contribution is 5.90. The maximum Gasteiger partial charge on any atom is 0.337 e. The third-order valence-corrected chi connectivity index (χ3v) is 3.19. The standard InChI is InChI=1S/C17H13NO4/c1-20-17(19)13-5-6-14(18)12(9-13)4-2-11-3-7-15-16(8-11)22-10-21-15/h3,5-9H,10,18H2,1H3. The van der Waals surface area contributed by atoms with Gasteiger partial charge in [-0.2, -0.15) is 0 Å². The molecule has 3 rings (SSSR count). The van der Waals surface area contributed by atoms with Gasteiger partial charge in [0.1, 0.15) is 0 Å². The van der Waals surface area contributed by atoms with Gasteiger partial charge in [0.15, 0.2) is 11.5 Å². The summed E-state index contributed by atoms with van der Waals surface area (Å²) < 4.78 is 15.2. The number of fused-ring (bicyclic) bond motifs is 1. The minimum atomic E-state index is -0.425. The molecule has 0 aromatic heterocycles. The highest BCUT2D eigenvalue weighted by atomic mass is 16.7. The van der Waals surface area contributed by atoms with Crippen molar-refractivity contribution in [3.63, 3.8) is 0 Å². The quantitative estimate of drug-likeness (QED) is 0.496. The third kappa shape index (κ3) is 2.67. The number of ether oxygens (including phenoxy) is 3. The molecule has 0 aliphatic carbocycles. The molecule has 0 amide bonds. The van der Waals surface area contributed by atoms with Crippen molar-refractivity contribution < 1.29 is 19.0 Å². The summed E-state index contributed by atoms with van der Waals surface area (Å²) in [4.78, 5) is 11.5. The first-order chi connectivity index (χ1) is 10.7. The van der Waals surface area contributed by atoms with E-state index in [1.165, 1.54) is 7.11 Å². The molecule has 0 spiro atoms. The van der Waals surface area contributed by atoms with Gasteiger partial charge in [-0.3, -0.25) is 0 Å². The van der Waals surface area contributed by atoms with E-state index in [0.717, 1.165) is 5.56 Å². The summed E-state index contributed by atoms with van der Waals surface area (Å²) >= 11 is 0. The molecule has 0 radical (unpaired) electrons. The minimum absolute atomic E-state index is 0.223. The number of nitrogen functional groups attached to an aromatic ring is 1. The fourth-order valence-corrected chi connectivity index (χ4v) is 2.02. The number of carbonyl (C=O) groups is 1. The Morgan fingerprint density at radius 2 is 1.95 bits per heavy atom. The molecule has 22 heavy (non-hydrogen) atoms. The molecule has 0 bridgehead atoms. The first kappa shape index (κ1) is 13.8. The van der Waals surface area contributed by atoms with Crippen LogP contribution in [0, 0.1) is 11.8 Å². The number of hydrogen-bond acceptors (Lipinski definition) is 5. The molecular formula is C17H13NO4. The molecule has 2 N–H and O–H groups in total. The van der Waals surface area contributed by atoms with E-state index in [0.29, 0.717) is 28.3 Å².